The molecule has 1 saturated heterocycles. The lowest BCUT2D eigenvalue weighted by atomic mass is 10.0. The van der Waals surface area contributed by atoms with Crippen LogP contribution in [0.2, 0.25) is 0 Å². The van der Waals surface area contributed by atoms with Crippen molar-refractivity contribution in [3.63, 3.8) is 0 Å². The minimum absolute atomic E-state index is 0.126. The minimum Gasteiger partial charge on any atom is -0.398 e. The van der Waals surface area contributed by atoms with E-state index in [9.17, 15) is 5.11 Å². The SMILES string of the molecule is Nc1ccncc1C(O)C1CCCN1. The van der Waals surface area contributed by atoms with E-state index >= 15 is 0 Å². The van der Waals surface area contributed by atoms with E-state index in [0.29, 0.717) is 5.69 Å². The quantitative estimate of drug-likeness (QED) is 0.637. The van der Waals surface area contributed by atoms with Crippen molar-refractivity contribution in [3.05, 3.63) is 24.0 Å². The summed E-state index contributed by atoms with van der Waals surface area (Å²) in [5.74, 6) is 0. The first-order chi connectivity index (χ1) is 6.79. The number of anilines is 1. The van der Waals surface area contributed by atoms with Gasteiger partial charge in [0.1, 0.15) is 0 Å². The maximum atomic E-state index is 10.0. The van der Waals surface area contributed by atoms with Crippen LogP contribution in [0.3, 0.4) is 0 Å². The van der Waals surface area contributed by atoms with Gasteiger partial charge in [-0.15, -0.1) is 0 Å². The molecule has 4 nitrogen and oxygen atoms in total. The summed E-state index contributed by atoms with van der Waals surface area (Å²) >= 11 is 0. The van der Waals surface area contributed by atoms with Crippen LogP contribution >= 0.6 is 0 Å². The molecule has 2 atom stereocenters. The molecule has 1 aliphatic heterocycles. The van der Waals surface area contributed by atoms with Gasteiger partial charge in [-0.05, 0) is 25.5 Å². The summed E-state index contributed by atoms with van der Waals surface area (Å²) in [4.78, 5) is 3.97. The molecule has 1 aromatic rings. The molecule has 1 aromatic heterocycles. The normalized spacial score (nSPS) is 23.6. The van der Waals surface area contributed by atoms with E-state index in [-0.39, 0.29) is 6.04 Å². The standard InChI is InChI=1S/C10H15N3O/c11-8-3-5-12-6-7(8)10(14)9-2-1-4-13-9/h3,5-6,9-10,13-14H,1-2,4H2,(H2,11,12). The molecule has 2 heterocycles. The predicted molar refractivity (Wildman–Crippen MR) is 54.6 cm³/mol. The zero-order chi connectivity index (χ0) is 9.97. The highest BCUT2D eigenvalue weighted by molar-refractivity contribution is 5.46. The van der Waals surface area contributed by atoms with Crippen molar-refractivity contribution in [2.24, 2.45) is 0 Å². The number of aromatic nitrogens is 1. The van der Waals surface area contributed by atoms with Gasteiger partial charge in [0.25, 0.3) is 0 Å². The summed E-state index contributed by atoms with van der Waals surface area (Å²) in [5.41, 5.74) is 7.10. The number of nitrogens with zero attached hydrogens (tertiary/aromatic N) is 1. The summed E-state index contributed by atoms with van der Waals surface area (Å²) in [5, 5.41) is 13.3. The fourth-order valence-electron chi connectivity index (χ4n) is 1.86. The molecule has 0 aromatic carbocycles. The number of pyridine rings is 1. The Hall–Kier alpha value is -1.13. The van der Waals surface area contributed by atoms with Gasteiger partial charge in [-0.1, -0.05) is 0 Å². The third kappa shape index (κ3) is 1.71. The molecule has 1 fully saturated rings. The van der Waals surface area contributed by atoms with Crippen LogP contribution in [0.25, 0.3) is 0 Å². The highest BCUT2D eigenvalue weighted by atomic mass is 16.3. The Morgan fingerprint density at radius 1 is 1.64 bits per heavy atom. The Balaban J connectivity index is 2.17. The first-order valence-electron chi connectivity index (χ1n) is 4.90. The lowest BCUT2D eigenvalue weighted by Crippen LogP contribution is -2.29. The van der Waals surface area contributed by atoms with Crippen LogP contribution in [0.5, 0.6) is 0 Å². The van der Waals surface area contributed by atoms with Gasteiger partial charge in [-0.3, -0.25) is 4.98 Å². The molecule has 4 N–H and O–H groups in total. The Morgan fingerprint density at radius 3 is 3.14 bits per heavy atom. The molecule has 14 heavy (non-hydrogen) atoms. The molecule has 2 unspecified atom stereocenters. The van der Waals surface area contributed by atoms with E-state index in [1.165, 1.54) is 0 Å². The van der Waals surface area contributed by atoms with Crippen molar-refractivity contribution in [1.29, 1.82) is 0 Å². The van der Waals surface area contributed by atoms with Crippen molar-refractivity contribution in [1.82, 2.24) is 10.3 Å². The molecule has 0 spiro atoms. The number of aliphatic hydroxyl groups excluding tert-OH is 1. The first kappa shape index (κ1) is 9.43. The van der Waals surface area contributed by atoms with Gasteiger partial charge in [0, 0.05) is 29.7 Å². The Morgan fingerprint density at radius 2 is 2.50 bits per heavy atom. The number of nitrogen functional groups attached to an aromatic ring is 1. The molecular weight excluding hydrogens is 178 g/mol. The Kier molecular flexibility index (Phi) is 2.65. The lowest BCUT2D eigenvalue weighted by molar-refractivity contribution is 0.138. The van der Waals surface area contributed by atoms with Gasteiger partial charge in [0.05, 0.1) is 6.10 Å². The van der Waals surface area contributed by atoms with Gasteiger partial charge in [-0.2, -0.15) is 0 Å². The predicted octanol–water partition coefficient (Wildman–Crippen LogP) is 0.449. The average molecular weight is 193 g/mol. The number of rotatable bonds is 2. The summed E-state index contributed by atoms with van der Waals surface area (Å²) < 4.78 is 0. The van der Waals surface area contributed by atoms with Gasteiger partial charge in [-0.25, -0.2) is 0 Å². The molecule has 1 aliphatic rings. The molecule has 76 valence electrons. The smallest absolute Gasteiger partial charge is 0.0977 e. The van der Waals surface area contributed by atoms with Crippen LogP contribution in [0.4, 0.5) is 5.69 Å². The van der Waals surface area contributed by atoms with Crippen LogP contribution in [-0.2, 0) is 0 Å². The fourth-order valence-corrected chi connectivity index (χ4v) is 1.86. The number of aliphatic hydroxyl groups is 1. The van der Waals surface area contributed by atoms with Crippen LogP contribution in [-0.4, -0.2) is 22.7 Å². The first-order valence-corrected chi connectivity index (χ1v) is 4.90. The maximum absolute atomic E-state index is 10.0. The molecule has 0 aliphatic carbocycles. The topological polar surface area (TPSA) is 71.2 Å². The zero-order valence-corrected chi connectivity index (χ0v) is 7.98. The second kappa shape index (κ2) is 3.94. The van der Waals surface area contributed by atoms with Crippen molar-refractivity contribution < 1.29 is 5.11 Å². The van der Waals surface area contributed by atoms with E-state index in [1.807, 2.05) is 0 Å². The van der Waals surface area contributed by atoms with Crippen LogP contribution in [0.15, 0.2) is 18.5 Å². The highest BCUT2D eigenvalue weighted by Gasteiger charge is 2.25. The third-order valence-electron chi connectivity index (χ3n) is 2.69. The van der Waals surface area contributed by atoms with Crippen molar-refractivity contribution in [2.45, 2.75) is 25.0 Å². The zero-order valence-electron chi connectivity index (χ0n) is 7.98. The molecule has 4 heteroatoms. The van der Waals surface area contributed by atoms with Gasteiger partial charge < -0.3 is 16.2 Å². The summed E-state index contributed by atoms with van der Waals surface area (Å²) in [6, 6.07) is 1.84. The molecule has 0 radical (unpaired) electrons. The number of hydrogen-bond acceptors (Lipinski definition) is 4. The van der Waals surface area contributed by atoms with E-state index in [0.717, 1.165) is 24.9 Å². The summed E-state index contributed by atoms with van der Waals surface area (Å²) in [6.45, 7) is 0.974. The lowest BCUT2D eigenvalue weighted by Gasteiger charge is -2.19. The second-order valence-electron chi connectivity index (χ2n) is 3.65. The van der Waals surface area contributed by atoms with Gasteiger partial charge in [0.2, 0.25) is 0 Å². The van der Waals surface area contributed by atoms with Gasteiger partial charge >= 0.3 is 0 Å². The van der Waals surface area contributed by atoms with E-state index in [2.05, 4.69) is 10.3 Å². The monoisotopic (exact) mass is 193 g/mol. The second-order valence-corrected chi connectivity index (χ2v) is 3.65. The van der Waals surface area contributed by atoms with Gasteiger partial charge in [0.15, 0.2) is 0 Å². The Labute approximate surface area is 83.2 Å². The van der Waals surface area contributed by atoms with E-state index < -0.39 is 6.10 Å². The largest absolute Gasteiger partial charge is 0.398 e. The van der Waals surface area contributed by atoms with Crippen LogP contribution in [0, 0.1) is 0 Å². The molecule has 0 amide bonds. The fraction of sp³-hybridized carbons (Fsp3) is 0.500. The summed E-state index contributed by atoms with van der Waals surface area (Å²) in [7, 11) is 0. The van der Waals surface area contributed by atoms with E-state index in [1.54, 1.807) is 18.5 Å². The Bertz CT molecular complexity index is 310. The number of nitrogens with one attached hydrogen (secondary N) is 1. The van der Waals surface area contributed by atoms with Crippen molar-refractivity contribution in [3.8, 4) is 0 Å². The molecular formula is C10H15N3O. The van der Waals surface area contributed by atoms with E-state index in [4.69, 9.17) is 5.73 Å². The van der Waals surface area contributed by atoms with Crippen molar-refractivity contribution in [2.75, 3.05) is 12.3 Å². The number of nitrogens with two attached hydrogens (primary N) is 1. The summed E-state index contributed by atoms with van der Waals surface area (Å²) in [6.07, 6.45) is 4.84. The molecule has 0 saturated carbocycles. The van der Waals surface area contributed by atoms with Crippen LogP contribution in [0.1, 0.15) is 24.5 Å². The average Bonchev–Trinajstić information content (AvgIpc) is 2.70. The maximum Gasteiger partial charge on any atom is 0.0977 e. The molecule has 2 rings (SSSR count). The minimum atomic E-state index is -0.536. The van der Waals surface area contributed by atoms with Crippen molar-refractivity contribution >= 4 is 5.69 Å². The number of hydrogen-bond donors (Lipinski definition) is 3. The molecule has 0 bridgehead atoms. The highest BCUT2D eigenvalue weighted by Crippen LogP contribution is 2.25. The third-order valence-corrected chi connectivity index (χ3v) is 2.69. The van der Waals surface area contributed by atoms with Crippen LogP contribution < -0.4 is 11.1 Å².